The van der Waals surface area contributed by atoms with E-state index in [0.717, 1.165) is 87.5 Å². The minimum Gasteiger partial charge on any atom is -0.365 e. The quantitative estimate of drug-likeness (QED) is 0.157. The molecule has 0 amide bonds. The van der Waals surface area contributed by atoms with Gasteiger partial charge in [0.25, 0.3) is 0 Å². The predicted octanol–water partition coefficient (Wildman–Crippen LogP) is 14.1. The summed E-state index contributed by atoms with van der Waals surface area (Å²) in [5, 5.41) is 0. The van der Waals surface area contributed by atoms with Crippen molar-refractivity contribution in [2.45, 2.75) is 154 Å². The SMILES string of the molecule is CCCC1CCC(C2CCC(C(OC(c3cc(F)c(F)c(F)c3)C3CCC(C4CCC(CCC)CC4)CC3)c3cc(F)c(F)c(F)c3)CC2)CC1. The first-order valence-electron chi connectivity index (χ1n) is 20.6. The van der Waals surface area contributed by atoms with Crippen molar-refractivity contribution >= 4 is 0 Å². The Morgan fingerprint density at radius 1 is 0.451 bits per heavy atom. The zero-order valence-corrected chi connectivity index (χ0v) is 30.9. The van der Waals surface area contributed by atoms with E-state index in [1.807, 2.05) is 0 Å². The Labute approximate surface area is 302 Å². The van der Waals surface area contributed by atoms with Crippen LogP contribution in [-0.2, 0) is 4.74 Å². The van der Waals surface area contributed by atoms with Gasteiger partial charge in [-0.25, -0.2) is 26.3 Å². The maximum atomic E-state index is 14.8. The number of ether oxygens (including phenoxy) is 1. The van der Waals surface area contributed by atoms with Crippen molar-refractivity contribution in [1.82, 2.24) is 0 Å². The smallest absolute Gasteiger partial charge is 0.194 e. The maximum absolute atomic E-state index is 14.8. The number of benzene rings is 2. The van der Waals surface area contributed by atoms with Crippen molar-refractivity contribution in [3.05, 3.63) is 70.3 Å². The third-order valence-electron chi connectivity index (χ3n) is 14.0. The molecule has 51 heavy (non-hydrogen) atoms. The van der Waals surface area contributed by atoms with Crippen LogP contribution < -0.4 is 0 Å². The summed E-state index contributed by atoms with van der Waals surface area (Å²) in [6.45, 7) is 4.51. The number of rotatable bonds is 12. The normalized spacial score (nSPS) is 31.7. The summed E-state index contributed by atoms with van der Waals surface area (Å²) < 4.78 is 94.6. The fourth-order valence-corrected chi connectivity index (χ4v) is 11.1. The van der Waals surface area contributed by atoms with Crippen LogP contribution in [0.15, 0.2) is 24.3 Å². The molecule has 6 rings (SSSR count). The van der Waals surface area contributed by atoms with Gasteiger partial charge in [-0.1, -0.05) is 65.2 Å². The molecule has 0 spiro atoms. The summed E-state index contributed by atoms with van der Waals surface area (Å²) in [5.41, 5.74) is 0.418. The van der Waals surface area contributed by atoms with E-state index in [-0.39, 0.29) is 23.0 Å². The summed E-state index contributed by atoms with van der Waals surface area (Å²) in [6, 6.07) is 4.11. The Kier molecular flexibility index (Phi) is 13.6. The first-order valence-corrected chi connectivity index (χ1v) is 20.6. The van der Waals surface area contributed by atoms with Crippen LogP contribution in [0.1, 0.15) is 166 Å². The summed E-state index contributed by atoms with van der Waals surface area (Å²) in [6.07, 6.45) is 20.7. The zero-order valence-electron chi connectivity index (χ0n) is 30.9. The van der Waals surface area contributed by atoms with Gasteiger partial charge in [0.1, 0.15) is 0 Å². The molecule has 4 saturated carbocycles. The third kappa shape index (κ3) is 9.38. The van der Waals surface area contributed by atoms with Gasteiger partial charge in [-0.15, -0.1) is 0 Å². The standard InChI is InChI=1S/C44H60F6O/c1-3-5-27-7-11-29(12-8-27)31-15-19-33(20-16-31)43(35-23-37(45)41(49)38(46)24-35)51-44(36-25-39(47)42(50)40(48)26-36)34-21-17-32(18-22-34)30-13-9-28(6-4-2)10-14-30/h23-34,43-44H,3-22H2,1-2H3. The van der Waals surface area contributed by atoms with Crippen molar-refractivity contribution in [2.75, 3.05) is 0 Å². The fraction of sp³-hybridized carbons (Fsp3) is 0.727. The second kappa shape index (κ2) is 17.9. The lowest BCUT2D eigenvalue weighted by Gasteiger charge is -2.43. The Morgan fingerprint density at radius 2 is 0.725 bits per heavy atom. The molecule has 0 N–H and O–H groups in total. The number of hydrogen-bond donors (Lipinski definition) is 0. The first kappa shape index (κ1) is 38.7. The van der Waals surface area contributed by atoms with E-state index < -0.39 is 47.1 Å². The van der Waals surface area contributed by atoms with E-state index in [2.05, 4.69) is 13.8 Å². The largest absolute Gasteiger partial charge is 0.365 e. The maximum Gasteiger partial charge on any atom is 0.194 e. The lowest BCUT2D eigenvalue weighted by atomic mass is 9.67. The fourth-order valence-electron chi connectivity index (χ4n) is 11.1. The van der Waals surface area contributed by atoms with Gasteiger partial charge in [-0.3, -0.25) is 0 Å². The molecular weight excluding hydrogens is 658 g/mol. The van der Waals surface area contributed by atoms with Gasteiger partial charge >= 0.3 is 0 Å². The summed E-state index contributed by atoms with van der Waals surface area (Å²) >= 11 is 0. The molecule has 2 aromatic carbocycles. The summed E-state index contributed by atoms with van der Waals surface area (Å²) in [7, 11) is 0. The lowest BCUT2D eigenvalue weighted by Crippen LogP contribution is -2.32. The van der Waals surface area contributed by atoms with E-state index in [0.29, 0.717) is 23.7 Å². The van der Waals surface area contributed by atoms with Crippen LogP contribution in [0.4, 0.5) is 26.3 Å². The molecule has 4 fully saturated rings. The van der Waals surface area contributed by atoms with Crippen molar-refractivity contribution in [3.63, 3.8) is 0 Å². The van der Waals surface area contributed by atoms with E-state index in [1.54, 1.807) is 0 Å². The topological polar surface area (TPSA) is 9.23 Å². The van der Waals surface area contributed by atoms with Crippen molar-refractivity contribution in [2.24, 2.45) is 47.3 Å². The number of hydrogen-bond acceptors (Lipinski definition) is 1. The van der Waals surface area contributed by atoms with Crippen LogP contribution in [0.25, 0.3) is 0 Å². The molecule has 0 heterocycles. The van der Waals surface area contributed by atoms with Crippen LogP contribution in [0.2, 0.25) is 0 Å². The van der Waals surface area contributed by atoms with Crippen LogP contribution in [0, 0.1) is 82.2 Å². The van der Waals surface area contributed by atoms with Gasteiger partial charge < -0.3 is 4.74 Å². The molecule has 2 atom stereocenters. The highest BCUT2D eigenvalue weighted by molar-refractivity contribution is 5.25. The minimum atomic E-state index is -1.53. The molecule has 0 aromatic heterocycles. The average Bonchev–Trinajstić information content (AvgIpc) is 3.14. The monoisotopic (exact) mass is 718 g/mol. The highest BCUT2D eigenvalue weighted by Gasteiger charge is 2.40. The van der Waals surface area contributed by atoms with Gasteiger partial charge in [0.05, 0.1) is 12.2 Å². The van der Waals surface area contributed by atoms with Crippen molar-refractivity contribution < 1.29 is 31.1 Å². The van der Waals surface area contributed by atoms with E-state index in [9.17, 15) is 26.3 Å². The zero-order chi connectivity index (χ0) is 36.1. The summed E-state index contributed by atoms with van der Waals surface area (Å²) in [4.78, 5) is 0. The summed E-state index contributed by atoms with van der Waals surface area (Å²) in [5.74, 6) is -4.14. The molecule has 2 unspecified atom stereocenters. The van der Waals surface area contributed by atoms with E-state index >= 15 is 0 Å². The van der Waals surface area contributed by atoms with Gasteiger partial charge in [0, 0.05) is 0 Å². The molecule has 0 aliphatic heterocycles. The molecule has 1 nitrogen and oxygen atoms in total. The molecule has 0 saturated heterocycles. The second-order valence-electron chi connectivity index (χ2n) is 17.1. The van der Waals surface area contributed by atoms with Crippen LogP contribution in [0.3, 0.4) is 0 Å². The van der Waals surface area contributed by atoms with Gasteiger partial charge in [-0.05, 0) is 160 Å². The molecule has 0 radical (unpaired) electrons. The van der Waals surface area contributed by atoms with E-state index in [1.165, 1.54) is 77.0 Å². The van der Waals surface area contributed by atoms with Crippen LogP contribution in [-0.4, -0.2) is 0 Å². The molecular formula is C44H60F6O. The Balaban J connectivity index is 1.22. The van der Waals surface area contributed by atoms with Crippen LogP contribution >= 0.6 is 0 Å². The average molecular weight is 719 g/mol. The number of halogens is 6. The molecule has 4 aliphatic rings. The molecule has 4 aliphatic carbocycles. The third-order valence-corrected chi connectivity index (χ3v) is 14.0. The lowest BCUT2D eigenvalue weighted by molar-refractivity contribution is -0.0939. The highest BCUT2D eigenvalue weighted by atomic mass is 19.2. The van der Waals surface area contributed by atoms with Gasteiger partial charge in [-0.2, -0.15) is 0 Å². The van der Waals surface area contributed by atoms with Gasteiger partial charge in [0.2, 0.25) is 0 Å². The Bertz CT molecular complexity index is 1240. The molecule has 2 aromatic rings. The molecule has 7 heteroatoms. The Hall–Kier alpha value is -2.02. The molecule has 284 valence electrons. The van der Waals surface area contributed by atoms with E-state index in [4.69, 9.17) is 4.74 Å². The van der Waals surface area contributed by atoms with Crippen molar-refractivity contribution in [1.29, 1.82) is 0 Å². The van der Waals surface area contributed by atoms with Gasteiger partial charge in [0.15, 0.2) is 34.9 Å². The van der Waals surface area contributed by atoms with Crippen molar-refractivity contribution in [3.8, 4) is 0 Å². The Morgan fingerprint density at radius 3 is 1.00 bits per heavy atom. The first-order chi connectivity index (χ1) is 24.6. The van der Waals surface area contributed by atoms with Crippen LogP contribution in [0.5, 0.6) is 0 Å². The predicted molar refractivity (Wildman–Crippen MR) is 191 cm³/mol. The second-order valence-corrected chi connectivity index (χ2v) is 17.1. The molecule has 0 bridgehead atoms. The minimum absolute atomic E-state index is 0.103. The highest BCUT2D eigenvalue weighted by Crippen LogP contribution is 2.50.